The zero-order chi connectivity index (χ0) is 9.97. The Kier molecular flexibility index (Phi) is 2.73. The molecule has 3 N–H and O–H groups in total. The number of phenolic OH excluding ortho intramolecular Hbond substituents is 1. The van der Waals surface area contributed by atoms with Gasteiger partial charge in [0, 0.05) is 0 Å². The van der Waals surface area contributed by atoms with E-state index in [-0.39, 0.29) is 0 Å². The van der Waals surface area contributed by atoms with Crippen LogP contribution in [-0.4, -0.2) is 11.7 Å². The van der Waals surface area contributed by atoms with E-state index in [1.165, 1.54) is 29.5 Å². The molecule has 1 aliphatic carbocycles. The maximum absolute atomic E-state index is 9.72. The minimum Gasteiger partial charge on any atom is -0.508 e. The lowest BCUT2D eigenvalue weighted by molar-refractivity contribution is 0.461. The summed E-state index contributed by atoms with van der Waals surface area (Å²) in [5, 5.41) is 9.72. The van der Waals surface area contributed by atoms with Crippen LogP contribution in [0, 0.1) is 0 Å². The third-order valence-corrected chi connectivity index (χ3v) is 3.02. The number of nitrogens with two attached hydrogens (primary N) is 1. The summed E-state index contributed by atoms with van der Waals surface area (Å²) < 4.78 is 0. The van der Waals surface area contributed by atoms with Gasteiger partial charge in [-0.2, -0.15) is 0 Å². The lowest BCUT2D eigenvalue weighted by Gasteiger charge is -2.20. The second-order valence-electron chi connectivity index (χ2n) is 3.95. The molecule has 2 rings (SSSR count). The first kappa shape index (κ1) is 9.53. The van der Waals surface area contributed by atoms with Crippen LogP contribution >= 0.6 is 0 Å². The molecule has 0 aromatic heterocycles. The predicted molar refractivity (Wildman–Crippen MR) is 57.5 cm³/mol. The van der Waals surface area contributed by atoms with Crippen LogP contribution in [0.5, 0.6) is 5.75 Å². The van der Waals surface area contributed by atoms with Crippen molar-refractivity contribution in [3.05, 3.63) is 28.8 Å². The molecule has 76 valence electrons. The van der Waals surface area contributed by atoms with Crippen molar-refractivity contribution in [1.29, 1.82) is 0 Å². The van der Waals surface area contributed by atoms with Gasteiger partial charge in [-0.3, -0.25) is 0 Å². The number of hydrogen-bond acceptors (Lipinski definition) is 2. The minimum atomic E-state index is 0.473. The summed E-state index contributed by atoms with van der Waals surface area (Å²) in [7, 11) is 0. The molecule has 0 fully saturated rings. The van der Waals surface area contributed by atoms with Crippen LogP contribution in [0.25, 0.3) is 0 Å². The van der Waals surface area contributed by atoms with Gasteiger partial charge < -0.3 is 10.8 Å². The summed E-state index contributed by atoms with van der Waals surface area (Å²) in [6, 6.07) is 3.83. The summed E-state index contributed by atoms with van der Waals surface area (Å²) in [5.41, 5.74) is 9.43. The normalized spacial score (nSPS) is 15.2. The molecule has 0 saturated heterocycles. The summed E-state index contributed by atoms with van der Waals surface area (Å²) in [5.74, 6) is 0.473. The van der Waals surface area contributed by atoms with Gasteiger partial charge >= 0.3 is 0 Å². The third kappa shape index (κ3) is 1.62. The molecule has 0 saturated carbocycles. The fourth-order valence-corrected chi connectivity index (χ4v) is 2.31. The number of fused-ring (bicyclic) bond motifs is 1. The van der Waals surface area contributed by atoms with Crippen molar-refractivity contribution < 1.29 is 5.11 Å². The summed E-state index contributed by atoms with van der Waals surface area (Å²) in [6.45, 7) is 0.692. The van der Waals surface area contributed by atoms with Crippen molar-refractivity contribution in [3.63, 3.8) is 0 Å². The lowest BCUT2D eigenvalue weighted by Crippen LogP contribution is -2.10. The SMILES string of the molecule is NCCc1ccc(O)c2c1CCCC2. The van der Waals surface area contributed by atoms with E-state index in [1.54, 1.807) is 0 Å². The third-order valence-electron chi connectivity index (χ3n) is 3.02. The van der Waals surface area contributed by atoms with Gasteiger partial charge in [-0.1, -0.05) is 6.07 Å². The number of benzene rings is 1. The number of aromatic hydroxyl groups is 1. The molecule has 0 amide bonds. The zero-order valence-corrected chi connectivity index (χ0v) is 8.42. The Morgan fingerprint density at radius 1 is 1.14 bits per heavy atom. The average molecular weight is 191 g/mol. The molecule has 0 unspecified atom stereocenters. The molecule has 0 heterocycles. The Balaban J connectivity index is 2.42. The van der Waals surface area contributed by atoms with Crippen LogP contribution in [-0.2, 0) is 19.3 Å². The largest absolute Gasteiger partial charge is 0.508 e. The van der Waals surface area contributed by atoms with E-state index in [0.29, 0.717) is 12.3 Å². The quantitative estimate of drug-likeness (QED) is 0.748. The highest BCUT2D eigenvalue weighted by atomic mass is 16.3. The molecule has 1 aliphatic rings. The van der Waals surface area contributed by atoms with Gasteiger partial charge in [0.2, 0.25) is 0 Å². The first-order chi connectivity index (χ1) is 6.83. The van der Waals surface area contributed by atoms with Crippen molar-refractivity contribution in [2.45, 2.75) is 32.1 Å². The standard InChI is InChI=1S/C12H17NO/c13-8-7-9-5-6-12(14)11-4-2-1-3-10(9)11/h5-6,14H,1-4,7-8,13H2. The van der Waals surface area contributed by atoms with Gasteiger partial charge in [0.15, 0.2) is 0 Å². The average Bonchev–Trinajstić information content (AvgIpc) is 2.23. The van der Waals surface area contributed by atoms with E-state index in [2.05, 4.69) is 0 Å². The van der Waals surface area contributed by atoms with E-state index >= 15 is 0 Å². The van der Waals surface area contributed by atoms with E-state index in [1.807, 2.05) is 12.1 Å². The van der Waals surface area contributed by atoms with Crippen molar-refractivity contribution in [2.75, 3.05) is 6.54 Å². The van der Waals surface area contributed by atoms with E-state index in [9.17, 15) is 5.11 Å². The maximum Gasteiger partial charge on any atom is 0.119 e. The smallest absolute Gasteiger partial charge is 0.119 e. The summed E-state index contributed by atoms with van der Waals surface area (Å²) >= 11 is 0. The molecule has 0 bridgehead atoms. The summed E-state index contributed by atoms with van der Waals surface area (Å²) in [6.07, 6.45) is 5.52. The Hall–Kier alpha value is -1.02. The number of rotatable bonds is 2. The highest BCUT2D eigenvalue weighted by Gasteiger charge is 2.15. The van der Waals surface area contributed by atoms with Crippen LogP contribution in [0.4, 0.5) is 0 Å². The second-order valence-corrected chi connectivity index (χ2v) is 3.95. The molecular weight excluding hydrogens is 174 g/mol. The molecule has 1 aromatic carbocycles. The van der Waals surface area contributed by atoms with Crippen LogP contribution in [0.2, 0.25) is 0 Å². The summed E-state index contributed by atoms with van der Waals surface area (Å²) in [4.78, 5) is 0. The molecule has 0 atom stereocenters. The van der Waals surface area contributed by atoms with Gasteiger partial charge in [0.1, 0.15) is 5.75 Å². The van der Waals surface area contributed by atoms with Crippen LogP contribution in [0.15, 0.2) is 12.1 Å². The molecule has 0 radical (unpaired) electrons. The van der Waals surface area contributed by atoms with Crippen molar-refractivity contribution in [1.82, 2.24) is 0 Å². The van der Waals surface area contributed by atoms with Gasteiger partial charge in [-0.25, -0.2) is 0 Å². The maximum atomic E-state index is 9.72. The molecule has 0 aliphatic heterocycles. The van der Waals surface area contributed by atoms with Gasteiger partial charge in [0.05, 0.1) is 0 Å². The first-order valence-corrected chi connectivity index (χ1v) is 5.35. The van der Waals surface area contributed by atoms with Crippen LogP contribution in [0.1, 0.15) is 29.5 Å². The highest BCUT2D eigenvalue weighted by molar-refractivity contribution is 5.45. The van der Waals surface area contributed by atoms with Gasteiger partial charge in [0.25, 0.3) is 0 Å². The van der Waals surface area contributed by atoms with Gasteiger partial charge in [-0.15, -0.1) is 0 Å². The molecular formula is C12H17NO. The Morgan fingerprint density at radius 2 is 1.86 bits per heavy atom. The molecule has 0 spiro atoms. The monoisotopic (exact) mass is 191 g/mol. The second kappa shape index (κ2) is 4.01. The fraction of sp³-hybridized carbons (Fsp3) is 0.500. The molecule has 14 heavy (non-hydrogen) atoms. The van der Waals surface area contributed by atoms with Crippen molar-refractivity contribution >= 4 is 0 Å². The molecule has 2 nitrogen and oxygen atoms in total. The Labute approximate surface area is 84.7 Å². The van der Waals surface area contributed by atoms with E-state index < -0.39 is 0 Å². The molecule has 1 aromatic rings. The number of hydrogen-bond donors (Lipinski definition) is 2. The van der Waals surface area contributed by atoms with E-state index in [0.717, 1.165) is 19.3 Å². The fourth-order valence-electron chi connectivity index (χ4n) is 2.31. The zero-order valence-electron chi connectivity index (χ0n) is 8.42. The minimum absolute atomic E-state index is 0.473. The predicted octanol–water partition coefficient (Wildman–Crippen LogP) is 1.77. The Bertz CT molecular complexity index is 333. The number of phenols is 1. The molecule has 2 heteroatoms. The van der Waals surface area contributed by atoms with Gasteiger partial charge in [-0.05, 0) is 61.4 Å². The van der Waals surface area contributed by atoms with Crippen LogP contribution < -0.4 is 5.73 Å². The van der Waals surface area contributed by atoms with Crippen molar-refractivity contribution in [2.24, 2.45) is 5.73 Å². The van der Waals surface area contributed by atoms with Crippen molar-refractivity contribution in [3.8, 4) is 5.75 Å². The van der Waals surface area contributed by atoms with E-state index in [4.69, 9.17) is 5.73 Å². The van der Waals surface area contributed by atoms with Crippen LogP contribution in [0.3, 0.4) is 0 Å². The topological polar surface area (TPSA) is 46.2 Å². The first-order valence-electron chi connectivity index (χ1n) is 5.35. The Morgan fingerprint density at radius 3 is 2.57 bits per heavy atom. The highest BCUT2D eigenvalue weighted by Crippen LogP contribution is 2.31. The lowest BCUT2D eigenvalue weighted by atomic mass is 9.86.